The van der Waals surface area contributed by atoms with Gasteiger partial charge in [-0.15, -0.1) is 0 Å². The fourth-order valence-electron chi connectivity index (χ4n) is 1.95. The summed E-state index contributed by atoms with van der Waals surface area (Å²) >= 11 is 0. The molecule has 2 aromatic rings. The van der Waals surface area contributed by atoms with Gasteiger partial charge in [-0.1, -0.05) is 30.3 Å². The molecule has 3 heteroatoms. The molecule has 16 heavy (non-hydrogen) atoms. The highest BCUT2D eigenvalue weighted by Crippen LogP contribution is 2.30. The van der Waals surface area contributed by atoms with Gasteiger partial charge in [-0.2, -0.15) is 0 Å². The molecule has 0 N–H and O–H groups in total. The lowest BCUT2D eigenvalue weighted by molar-refractivity contribution is -0.117. The number of hydrogen-bond acceptors (Lipinski definition) is 3. The van der Waals surface area contributed by atoms with Gasteiger partial charge in [-0.25, -0.2) is 0 Å². The van der Waals surface area contributed by atoms with Crippen LogP contribution in [0.5, 0.6) is 5.75 Å². The van der Waals surface area contributed by atoms with Crippen molar-refractivity contribution in [3.8, 4) is 5.75 Å². The summed E-state index contributed by atoms with van der Waals surface area (Å²) in [5.41, 5.74) is 0.398. The van der Waals surface area contributed by atoms with E-state index < -0.39 is 11.6 Å². The highest BCUT2D eigenvalue weighted by Gasteiger charge is 2.27. The first-order valence-electron chi connectivity index (χ1n) is 4.99. The predicted molar refractivity (Wildman–Crippen MR) is 58.8 cm³/mol. The van der Waals surface area contributed by atoms with Gasteiger partial charge in [0.15, 0.2) is 6.61 Å². The number of hydrogen-bond donors (Lipinski definition) is 0. The molecule has 0 bridgehead atoms. The van der Waals surface area contributed by atoms with Crippen molar-refractivity contribution in [2.75, 3.05) is 6.61 Å². The van der Waals surface area contributed by atoms with Gasteiger partial charge in [0.25, 0.3) is 0 Å². The van der Waals surface area contributed by atoms with E-state index in [9.17, 15) is 9.59 Å². The minimum absolute atomic E-state index is 0.149. The van der Waals surface area contributed by atoms with Crippen molar-refractivity contribution in [3.63, 3.8) is 0 Å². The van der Waals surface area contributed by atoms with E-state index in [1.54, 1.807) is 6.07 Å². The Morgan fingerprint density at radius 1 is 1.00 bits per heavy atom. The molecule has 0 unspecified atom stereocenters. The Kier molecular flexibility index (Phi) is 1.80. The van der Waals surface area contributed by atoms with E-state index in [-0.39, 0.29) is 6.61 Å². The highest BCUT2D eigenvalue weighted by molar-refractivity contribution is 6.47. The maximum absolute atomic E-state index is 11.8. The zero-order valence-corrected chi connectivity index (χ0v) is 8.40. The Morgan fingerprint density at radius 3 is 2.69 bits per heavy atom. The van der Waals surface area contributed by atoms with Crippen LogP contribution in [0.1, 0.15) is 10.4 Å². The van der Waals surface area contributed by atoms with E-state index in [4.69, 9.17) is 4.74 Å². The summed E-state index contributed by atoms with van der Waals surface area (Å²) in [4.78, 5) is 23.1. The van der Waals surface area contributed by atoms with E-state index in [2.05, 4.69) is 0 Å². The zero-order valence-electron chi connectivity index (χ0n) is 8.40. The molecule has 1 aliphatic rings. The number of fused-ring (bicyclic) bond motifs is 3. The van der Waals surface area contributed by atoms with Gasteiger partial charge in [0.2, 0.25) is 11.6 Å². The fourth-order valence-corrected chi connectivity index (χ4v) is 1.95. The quantitative estimate of drug-likeness (QED) is 0.627. The molecule has 0 aliphatic carbocycles. The molecule has 1 heterocycles. The van der Waals surface area contributed by atoms with Crippen molar-refractivity contribution in [1.82, 2.24) is 0 Å². The van der Waals surface area contributed by atoms with Gasteiger partial charge in [-0.05, 0) is 16.8 Å². The number of ketones is 2. The molecule has 0 atom stereocenters. The molecule has 0 spiro atoms. The summed E-state index contributed by atoms with van der Waals surface area (Å²) in [6.07, 6.45) is 0. The third-order valence-electron chi connectivity index (χ3n) is 2.73. The first-order chi connectivity index (χ1) is 7.77. The van der Waals surface area contributed by atoms with E-state index in [1.807, 2.05) is 30.3 Å². The zero-order chi connectivity index (χ0) is 11.1. The van der Waals surface area contributed by atoms with Gasteiger partial charge in [0.1, 0.15) is 5.75 Å². The average molecular weight is 212 g/mol. The van der Waals surface area contributed by atoms with Crippen LogP contribution < -0.4 is 4.74 Å². The second-order valence-corrected chi connectivity index (χ2v) is 3.70. The summed E-state index contributed by atoms with van der Waals surface area (Å²) in [6, 6.07) is 11.1. The summed E-state index contributed by atoms with van der Waals surface area (Å²) in [7, 11) is 0. The van der Waals surface area contributed by atoms with E-state index in [0.717, 1.165) is 10.8 Å². The molecule has 3 nitrogen and oxygen atoms in total. The van der Waals surface area contributed by atoms with Crippen LogP contribution in [0.4, 0.5) is 0 Å². The van der Waals surface area contributed by atoms with Crippen LogP contribution in [-0.4, -0.2) is 18.2 Å². The topological polar surface area (TPSA) is 43.4 Å². The minimum atomic E-state index is -0.483. The van der Waals surface area contributed by atoms with Crippen LogP contribution in [0, 0.1) is 0 Å². The molecular formula is C13H8O3. The standard InChI is InChI=1S/C13H8O3/c14-10-7-16-11-6-5-8-3-1-2-4-9(8)12(11)13(10)15/h1-6H,7H2. The van der Waals surface area contributed by atoms with Crippen molar-refractivity contribution in [2.24, 2.45) is 0 Å². The van der Waals surface area contributed by atoms with Crippen LogP contribution in [0.25, 0.3) is 10.8 Å². The maximum atomic E-state index is 11.8. The summed E-state index contributed by atoms with van der Waals surface area (Å²) in [6.45, 7) is -0.149. The molecule has 78 valence electrons. The van der Waals surface area contributed by atoms with Crippen molar-refractivity contribution < 1.29 is 14.3 Å². The molecule has 1 aliphatic heterocycles. The number of carbonyl (C=O) groups excluding carboxylic acids is 2. The SMILES string of the molecule is O=C1COc2ccc3ccccc3c2C1=O. The molecule has 0 aromatic heterocycles. The van der Waals surface area contributed by atoms with Crippen LogP contribution >= 0.6 is 0 Å². The lowest BCUT2D eigenvalue weighted by atomic mass is 9.97. The van der Waals surface area contributed by atoms with E-state index >= 15 is 0 Å². The Hall–Kier alpha value is -2.16. The monoisotopic (exact) mass is 212 g/mol. The normalized spacial score (nSPS) is 14.8. The molecular weight excluding hydrogens is 204 g/mol. The molecule has 2 aromatic carbocycles. The Balaban J connectivity index is 2.40. The van der Waals surface area contributed by atoms with E-state index in [0.29, 0.717) is 11.3 Å². The lowest BCUT2D eigenvalue weighted by Crippen LogP contribution is -2.27. The number of benzene rings is 2. The van der Waals surface area contributed by atoms with Gasteiger partial charge < -0.3 is 4.74 Å². The molecule has 3 rings (SSSR count). The number of rotatable bonds is 0. The maximum Gasteiger partial charge on any atom is 0.240 e. The summed E-state index contributed by atoms with van der Waals surface area (Å²) < 4.78 is 5.24. The smallest absolute Gasteiger partial charge is 0.240 e. The molecule has 0 saturated heterocycles. The van der Waals surface area contributed by atoms with Gasteiger partial charge in [0, 0.05) is 0 Å². The Bertz CT molecular complexity index is 614. The number of Topliss-reactive ketones (excluding diaryl/α,β-unsaturated/α-hetero) is 2. The Morgan fingerprint density at radius 2 is 1.81 bits per heavy atom. The second-order valence-electron chi connectivity index (χ2n) is 3.70. The van der Waals surface area contributed by atoms with Crippen LogP contribution in [0.2, 0.25) is 0 Å². The van der Waals surface area contributed by atoms with Crippen LogP contribution in [0.3, 0.4) is 0 Å². The van der Waals surface area contributed by atoms with E-state index in [1.165, 1.54) is 0 Å². The first kappa shape index (κ1) is 9.09. The predicted octanol–water partition coefficient (Wildman–Crippen LogP) is 1.98. The molecule has 0 amide bonds. The van der Waals surface area contributed by atoms with Crippen LogP contribution in [0.15, 0.2) is 36.4 Å². The van der Waals surface area contributed by atoms with Crippen molar-refractivity contribution in [2.45, 2.75) is 0 Å². The van der Waals surface area contributed by atoms with Gasteiger partial charge >= 0.3 is 0 Å². The van der Waals surface area contributed by atoms with Gasteiger partial charge in [-0.3, -0.25) is 9.59 Å². The lowest BCUT2D eigenvalue weighted by Gasteiger charge is -2.16. The number of carbonyl (C=O) groups is 2. The third-order valence-corrected chi connectivity index (χ3v) is 2.73. The van der Waals surface area contributed by atoms with Crippen LogP contribution in [-0.2, 0) is 4.79 Å². The molecule has 0 saturated carbocycles. The van der Waals surface area contributed by atoms with Gasteiger partial charge in [0.05, 0.1) is 5.56 Å². The van der Waals surface area contributed by atoms with Crippen molar-refractivity contribution in [1.29, 1.82) is 0 Å². The van der Waals surface area contributed by atoms with Crippen molar-refractivity contribution in [3.05, 3.63) is 42.0 Å². The van der Waals surface area contributed by atoms with Crippen molar-refractivity contribution >= 4 is 22.3 Å². The molecule has 0 fully saturated rings. The fraction of sp³-hybridized carbons (Fsp3) is 0.0769. The summed E-state index contributed by atoms with van der Waals surface area (Å²) in [5, 5.41) is 1.71. The highest BCUT2D eigenvalue weighted by atomic mass is 16.5. The largest absolute Gasteiger partial charge is 0.485 e. The minimum Gasteiger partial charge on any atom is -0.485 e. The average Bonchev–Trinajstić information content (AvgIpc) is 2.33. The Labute approximate surface area is 91.6 Å². The summed E-state index contributed by atoms with van der Waals surface area (Å²) in [5.74, 6) is -0.426. The first-order valence-corrected chi connectivity index (χ1v) is 4.99. The third kappa shape index (κ3) is 1.15. The number of ether oxygens (including phenoxy) is 1. The molecule has 0 radical (unpaired) electrons. The second kappa shape index (κ2) is 3.17.